The van der Waals surface area contributed by atoms with Gasteiger partial charge in [-0.05, 0) is 60.3 Å². The summed E-state index contributed by atoms with van der Waals surface area (Å²) in [5.41, 5.74) is 0.437. The Morgan fingerprint density at radius 3 is 2.40 bits per heavy atom. The second-order valence-electron chi connectivity index (χ2n) is 11.6. The van der Waals surface area contributed by atoms with Gasteiger partial charge in [0.25, 0.3) is 5.95 Å². The average molecular weight is 421 g/mol. The molecule has 0 spiro atoms. The summed E-state index contributed by atoms with van der Waals surface area (Å²) in [5, 5.41) is 9.80. The fourth-order valence-corrected chi connectivity index (χ4v) is 8.73. The zero-order chi connectivity index (χ0) is 21.6. The number of aliphatic hydroxyl groups is 1. The molecule has 2 heterocycles. The molecular formula is C24H36O6. The van der Waals surface area contributed by atoms with Crippen LogP contribution in [0.25, 0.3) is 0 Å². The van der Waals surface area contributed by atoms with E-state index in [1.165, 1.54) is 32.6 Å². The number of fused-ring (bicyclic) bond motifs is 8. The van der Waals surface area contributed by atoms with Crippen molar-refractivity contribution in [1.82, 2.24) is 0 Å². The van der Waals surface area contributed by atoms with Gasteiger partial charge < -0.3 is 24.1 Å². The van der Waals surface area contributed by atoms with E-state index in [1.54, 1.807) is 0 Å². The minimum absolute atomic E-state index is 0.0126. The summed E-state index contributed by atoms with van der Waals surface area (Å²) in [6.07, 6.45) is 4.77. The second kappa shape index (κ2) is 6.38. The number of rotatable bonds is 3. The molecular weight excluding hydrogens is 384 g/mol. The lowest BCUT2D eigenvalue weighted by Gasteiger charge is -2.65. The van der Waals surface area contributed by atoms with E-state index < -0.39 is 12.6 Å². The zero-order valence-corrected chi connectivity index (χ0v) is 18.8. The first kappa shape index (κ1) is 20.6. The van der Waals surface area contributed by atoms with Crippen molar-refractivity contribution in [3.63, 3.8) is 0 Å². The summed E-state index contributed by atoms with van der Waals surface area (Å²) in [4.78, 5) is 11.7. The first-order valence-corrected chi connectivity index (χ1v) is 11.5. The van der Waals surface area contributed by atoms with Crippen molar-refractivity contribution in [2.45, 2.75) is 91.5 Å². The van der Waals surface area contributed by atoms with E-state index in [0.29, 0.717) is 17.3 Å². The van der Waals surface area contributed by atoms with Crippen LogP contribution in [0, 0.1) is 39.9 Å². The minimum Gasteiger partial charge on any atom is -0.481 e. The Labute approximate surface area is 179 Å². The molecule has 1 N–H and O–H groups in total. The van der Waals surface area contributed by atoms with Gasteiger partial charge in [0, 0.05) is 12.8 Å². The van der Waals surface area contributed by atoms with Crippen LogP contribution in [0.3, 0.4) is 0 Å². The van der Waals surface area contributed by atoms with E-state index in [0.717, 1.165) is 6.42 Å². The molecule has 2 saturated heterocycles. The Morgan fingerprint density at radius 2 is 1.73 bits per heavy atom. The van der Waals surface area contributed by atoms with Crippen molar-refractivity contribution in [3.05, 3.63) is 12.5 Å². The highest BCUT2D eigenvalue weighted by Gasteiger charge is 2.77. The van der Waals surface area contributed by atoms with E-state index in [4.69, 9.17) is 18.9 Å². The third-order valence-electron chi connectivity index (χ3n) is 9.52. The van der Waals surface area contributed by atoms with Crippen LogP contribution in [-0.2, 0) is 23.7 Å². The van der Waals surface area contributed by atoms with Gasteiger partial charge in [0.05, 0.1) is 18.1 Å². The van der Waals surface area contributed by atoms with Crippen molar-refractivity contribution >= 4 is 5.97 Å². The topological polar surface area (TPSA) is 77.5 Å². The Bertz CT molecular complexity index is 763. The SMILES string of the molecule is C=C(O)OC1OC(OC(C)=O)C2C1[C@]1(C)CCC3C(C)(C)CCC[C@]3(C)C1[C@H]1O[C@@H]21. The molecule has 10 atom stereocenters. The van der Waals surface area contributed by atoms with E-state index in [2.05, 4.69) is 34.3 Å². The van der Waals surface area contributed by atoms with Crippen molar-refractivity contribution in [1.29, 1.82) is 0 Å². The van der Waals surface area contributed by atoms with Crippen LogP contribution < -0.4 is 0 Å². The van der Waals surface area contributed by atoms with Gasteiger partial charge in [-0.3, -0.25) is 4.79 Å². The lowest BCUT2D eigenvalue weighted by Crippen LogP contribution is -2.63. The summed E-state index contributed by atoms with van der Waals surface area (Å²) >= 11 is 0. The number of carbonyl (C=O) groups excluding carboxylic acids is 1. The fraction of sp³-hybridized carbons (Fsp3) is 0.875. The Balaban J connectivity index is 1.55. The van der Waals surface area contributed by atoms with Gasteiger partial charge in [-0.2, -0.15) is 0 Å². The Morgan fingerprint density at radius 1 is 1.00 bits per heavy atom. The number of ether oxygens (including phenoxy) is 4. The van der Waals surface area contributed by atoms with Gasteiger partial charge >= 0.3 is 5.97 Å². The van der Waals surface area contributed by atoms with Crippen LogP contribution in [0.4, 0.5) is 0 Å². The lowest BCUT2D eigenvalue weighted by molar-refractivity contribution is -0.226. The van der Waals surface area contributed by atoms with Gasteiger partial charge in [0.15, 0.2) is 0 Å². The van der Waals surface area contributed by atoms with E-state index in [9.17, 15) is 9.90 Å². The largest absolute Gasteiger partial charge is 0.481 e. The number of esters is 1. The molecule has 6 nitrogen and oxygen atoms in total. The van der Waals surface area contributed by atoms with Crippen LogP contribution in [0.1, 0.15) is 66.7 Å². The van der Waals surface area contributed by atoms with Crippen LogP contribution in [-0.4, -0.2) is 35.9 Å². The van der Waals surface area contributed by atoms with Gasteiger partial charge in [-0.25, -0.2) is 0 Å². The quantitative estimate of drug-likeness (QED) is 0.410. The van der Waals surface area contributed by atoms with Crippen molar-refractivity contribution in [2.24, 2.45) is 39.9 Å². The van der Waals surface area contributed by atoms with Gasteiger partial charge in [0.2, 0.25) is 12.6 Å². The van der Waals surface area contributed by atoms with E-state index in [-0.39, 0.29) is 46.8 Å². The van der Waals surface area contributed by atoms with E-state index >= 15 is 0 Å². The van der Waals surface area contributed by atoms with Crippen molar-refractivity contribution in [3.8, 4) is 0 Å². The standard InChI is InChI=1S/C24H36O6/c1-12(25)27-20-15-16(21(30-20)28-13(2)26)24(6)11-8-14-22(3,4)9-7-10-23(14,5)19(24)18-17(15)29-18/h14-21,26H,2,7-11H2,1,3-6H3/t14?,15?,16?,17-,18-,19?,20?,21?,23-,24-/m0/s1. The number of hydrogen-bond donors (Lipinski definition) is 1. The summed E-state index contributed by atoms with van der Waals surface area (Å²) in [7, 11) is 0. The van der Waals surface area contributed by atoms with Gasteiger partial charge in [0.1, 0.15) is 0 Å². The molecule has 168 valence electrons. The monoisotopic (exact) mass is 420 g/mol. The number of carbonyl (C=O) groups is 1. The maximum absolute atomic E-state index is 11.7. The predicted octanol–water partition coefficient (Wildman–Crippen LogP) is 4.54. The van der Waals surface area contributed by atoms with E-state index in [1.807, 2.05) is 0 Å². The van der Waals surface area contributed by atoms with Crippen molar-refractivity contribution in [2.75, 3.05) is 0 Å². The summed E-state index contributed by atoms with van der Waals surface area (Å²) in [5.74, 6) is 0.212. The van der Waals surface area contributed by atoms with Crippen LogP contribution >= 0.6 is 0 Å². The van der Waals surface area contributed by atoms with Crippen molar-refractivity contribution < 1.29 is 28.8 Å². The molecule has 5 rings (SSSR count). The molecule has 2 aliphatic heterocycles. The number of hydrogen-bond acceptors (Lipinski definition) is 6. The average Bonchev–Trinajstić information content (AvgIpc) is 3.28. The molecule has 5 fully saturated rings. The third kappa shape index (κ3) is 2.72. The summed E-state index contributed by atoms with van der Waals surface area (Å²) in [6, 6.07) is 0. The summed E-state index contributed by atoms with van der Waals surface area (Å²) in [6.45, 7) is 14.6. The highest BCUT2D eigenvalue weighted by Crippen LogP contribution is 2.74. The molecule has 0 amide bonds. The molecule has 6 heteroatoms. The molecule has 3 aliphatic carbocycles. The zero-order valence-electron chi connectivity index (χ0n) is 18.8. The van der Waals surface area contributed by atoms with Crippen LogP contribution in [0.5, 0.6) is 0 Å². The molecule has 5 aliphatic rings. The highest BCUT2D eigenvalue weighted by atomic mass is 16.8. The molecule has 0 radical (unpaired) electrons. The maximum atomic E-state index is 11.7. The molecule has 6 unspecified atom stereocenters. The van der Waals surface area contributed by atoms with Gasteiger partial charge in [-0.1, -0.05) is 34.1 Å². The molecule has 3 saturated carbocycles. The van der Waals surface area contributed by atoms with Gasteiger partial charge in [-0.15, -0.1) is 0 Å². The number of epoxide rings is 1. The fourth-order valence-electron chi connectivity index (χ4n) is 8.73. The molecule has 30 heavy (non-hydrogen) atoms. The summed E-state index contributed by atoms with van der Waals surface area (Å²) < 4.78 is 23.7. The lowest BCUT2D eigenvalue weighted by atomic mass is 9.38. The molecule has 0 bridgehead atoms. The Hall–Kier alpha value is -1.27. The molecule has 0 aromatic rings. The highest BCUT2D eigenvalue weighted by molar-refractivity contribution is 5.66. The first-order chi connectivity index (χ1) is 14.0. The van der Waals surface area contributed by atoms with Crippen LogP contribution in [0.15, 0.2) is 12.5 Å². The number of aliphatic hydroxyl groups excluding tert-OH is 1. The minimum atomic E-state index is -0.710. The third-order valence-corrected chi connectivity index (χ3v) is 9.52. The van der Waals surface area contributed by atoms with Crippen LogP contribution in [0.2, 0.25) is 0 Å². The molecule has 0 aromatic carbocycles. The Kier molecular flexibility index (Phi) is 4.39. The second-order valence-corrected chi connectivity index (χ2v) is 11.6. The normalized spacial score (nSPS) is 52.8. The maximum Gasteiger partial charge on any atom is 0.304 e. The predicted molar refractivity (Wildman–Crippen MR) is 109 cm³/mol. The molecule has 0 aromatic heterocycles. The smallest absolute Gasteiger partial charge is 0.304 e. The first-order valence-electron chi connectivity index (χ1n) is 11.5.